The van der Waals surface area contributed by atoms with Gasteiger partial charge in [-0.25, -0.2) is 10.4 Å². The molecule has 2 N–H and O–H groups in total. The lowest BCUT2D eigenvalue weighted by Crippen LogP contribution is -2.19. The van der Waals surface area contributed by atoms with Crippen LogP contribution in [-0.4, -0.2) is 17.1 Å². The minimum Gasteiger partial charge on any atom is -0.486 e. The van der Waals surface area contributed by atoms with Crippen molar-refractivity contribution in [3.8, 4) is 5.75 Å². The zero-order valence-electron chi connectivity index (χ0n) is 19.7. The molecule has 0 aliphatic heterocycles. The van der Waals surface area contributed by atoms with Crippen molar-refractivity contribution in [1.29, 1.82) is 0 Å². The van der Waals surface area contributed by atoms with Gasteiger partial charge in [0.15, 0.2) is 10.9 Å². The summed E-state index contributed by atoms with van der Waals surface area (Å²) in [6, 6.07) is 15.9. The second-order valence-corrected chi connectivity index (χ2v) is 11.1. The van der Waals surface area contributed by atoms with Gasteiger partial charge in [-0.2, -0.15) is 18.3 Å². The highest BCUT2D eigenvalue weighted by molar-refractivity contribution is 9.10. The zero-order chi connectivity index (χ0) is 28.0. The van der Waals surface area contributed by atoms with E-state index in [1.165, 1.54) is 29.7 Å². The van der Waals surface area contributed by atoms with Crippen LogP contribution in [0.1, 0.15) is 22.4 Å². The minimum absolute atomic E-state index is 0.0641. The predicted molar refractivity (Wildman–Crippen MR) is 154 cm³/mol. The summed E-state index contributed by atoms with van der Waals surface area (Å²) in [5.41, 5.74) is 3.96. The van der Waals surface area contributed by atoms with Crippen molar-refractivity contribution in [3.05, 3.63) is 102 Å². The Morgan fingerprint density at radius 2 is 1.90 bits per heavy atom. The molecule has 0 radical (unpaired) electrons. The van der Waals surface area contributed by atoms with Crippen molar-refractivity contribution in [2.24, 2.45) is 5.10 Å². The third-order valence-corrected chi connectivity index (χ3v) is 7.26. The number of halogens is 6. The molecule has 0 bridgehead atoms. The topological polar surface area (TPSA) is 75.6 Å². The summed E-state index contributed by atoms with van der Waals surface area (Å²) < 4.78 is 46.2. The molecule has 3 aromatic carbocycles. The minimum atomic E-state index is -4.44. The average molecular weight is 703 g/mol. The first kappa shape index (κ1) is 29.1. The van der Waals surface area contributed by atoms with Crippen LogP contribution in [0.15, 0.2) is 80.1 Å². The van der Waals surface area contributed by atoms with Gasteiger partial charge >= 0.3 is 6.18 Å². The van der Waals surface area contributed by atoms with Gasteiger partial charge in [0.1, 0.15) is 6.61 Å². The lowest BCUT2D eigenvalue weighted by molar-refractivity contribution is -0.137. The van der Waals surface area contributed by atoms with E-state index >= 15 is 0 Å². The molecule has 4 aromatic rings. The Balaban J connectivity index is 1.29. The fraction of sp³-hybridized carbons (Fsp3) is 0.115. The molecule has 0 spiro atoms. The molecule has 13 heteroatoms. The first-order chi connectivity index (χ1) is 18.6. The number of anilines is 2. The number of rotatable bonds is 9. The number of alkyl halides is 3. The van der Waals surface area contributed by atoms with Gasteiger partial charge in [-0.1, -0.05) is 45.7 Å². The number of hydrogen-bond donors (Lipinski definition) is 2. The third-order valence-electron chi connectivity index (χ3n) is 5.05. The number of nitrogens with zero attached hydrogens (tertiary/aromatic N) is 2. The molecule has 202 valence electrons. The molecule has 0 saturated heterocycles. The largest absolute Gasteiger partial charge is 0.486 e. The number of thiazole rings is 1. The van der Waals surface area contributed by atoms with Crippen LogP contribution in [0.4, 0.5) is 24.0 Å². The maximum atomic E-state index is 12.9. The second kappa shape index (κ2) is 12.9. The number of aromatic nitrogens is 1. The van der Waals surface area contributed by atoms with E-state index in [2.05, 4.69) is 52.7 Å². The summed E-state index contributed by atoms with van der Waals surface area (Å²) in [7, 11) is 0. The number of hydrazone groups is 1. The third kappa shape index (κ3) is 8.53. The number of ether oxygens (including phenoxy) is 1. The average Bonchev–Trinajstić information content (AvgIpc) is 3.30. The number of benzene rings is 3. The molecule has 6 nitrogen and oxygen atoms in total. The monoisotopic (exact) mass is 700 g/mol. The molecule has 1 aromatic heterocycles. The van der Waals surface area contributed by atoms with Crippen LogP contribution in [0.5, 0.6) is 5.75 Å². The SMILES string of the molecule is O=C(Cc1csc(Nc2cccc(C(F)(F)F)c2)n1)N/N=C\c1cc(Cl)c(OCc2ccc(Br)cc2)c(Br)c1. The lowest BCUT2D eigenvalue weighted by atomic mass is 10.2. The van der Waals surface area contributed by atoms with Crippen LogP contribution in [0.25, 0.3) is 0 Å². The number of nitrogens with one attached hydrogen (secondary N) is 2. The van der Waals surface area contributed by atoms with Gasteiger partial charge in [0.05, 0.1) is 33.4 Å². The van der Waals surface area contributed by atoms with E-state index in [0.29, 0.717) is 38.2 Å². The molecule has 0 aliphatic carbocycles. The van der Waals surface area contributed by atoms with Gasteiger partial charge in [-0.05, 0) is 69.5 Å². The molecule has 0 saturated carbocycles. The molecular formula is C26H18Br2ClF3N4O2S. The van der Waals surface area contributed by atoms with Crippen LogP contribution >= 0.6 is 54.8 Å². The summed E-state index contributed by atoms with van der Waals surface area (Å²) in [6.07, 6.45) is -3.07. The Bertz CT molecular complexity index is 1470. The number of amides is 1. The van der Waals surface area contributed by atoms with Gasteiger partial charge in [0, 0.05) is 15.5 Å². The Hall–Kier alpha value is -2.93. The summed E-state index contributed by atoms with van der Waals surface area (Å²) >= 11 is 14.4. The van der Waals surface area contributed by atoms with Gasteiger partial charge < -0.3 is 10.1 Å². The first-order valence-electron chi connectivity index (χ1n) is 11.1. The van der Waals surface area contributed by atoms with Crippen LogP contribution < -0.4 is 15.5 Å². The Morgan fingerprint density at radius 1 is 1.13 bits per heavy atom. The highest BCUT2D eigenvalue weighted by Gasteiger charge is 2.30. The standard InChI is InChI=1S/C26H18Br2ClF3N4O2S/c27-18-6-4-15(5-7-18)13-38-24-21(28)8-16(9-22(24)29)12-33-36-23(37)11-20-14-39-25(35-20)34-19-3-1-2-17(10-19)26(30,31)32/h1-10,12,14H,11,13H2,(H,34,35)(H,36,37)/b33-12-. The van der Waals surface area contributed by atoms with E-state index in [0.717, 1.165) is 22.2 Å². The van der Waals surface area contributed by atoms with Crippen molar-refractivity contribution in [1.82, 2.24) is 10.4 Å². The van der Waals surface area contributed by atoms with Crippen molar-refractivity contribution in [3.63, 3.8) is 0 Å². The molecule has 4 rings (SSSR count). The molecule has 0 atom stereocenters. The number of hydrogen-bond acceptors (Lipinski definition) is 6. The van der Waals surface area contributed by atoms with Crippen LogP contribution in [0, 0.1) is 0 Å². The second-order valence-electron chi connectivity index (χ2n) is 8.05. The molecule has 0 aliphatic rings. The van der Waals surface area contributed by atoms with E-state index in [1.807, 2.05) is 24.3 Å². The van der Waals surface area contributed by atoms with Crippen LogP contribution in [0.2, 0.25) is 5.02 Å². The summed E-state index contributed by atoms with van der Waals surface area (Å²) in [4.78, 5) is 16.5. The highest BCUT2D eigenvalue weighted by Crippen LogP contribution is 2.35. The van der Waals surface area contributed by atoms with Gasteiger partial charge in [-0.15, -0.1) is 11.3 Å². The first-order valence-corrected chi connectivity index (χ1v) is 14.0. The quantitative estimate of drug-likeness (QED) is 0.136. The fourth-order valence-corrected chi connectivity index (χ4v) is 5.24. The van der Waals surface area contributed by atoms with Gasteiger partial charge in [-0.3, -0.25) is 4.79 Å². The highest BCUT2D eigenvalue weighted by atomic mass is 79.9. The van der Waals surface area contributed by atoms with E-state index in [9.17, 15) is 18.0 Å². The maximum Gasteiger partial charge on any atom is 0.416 e. The molecule has 0 fully saturated rings. The lowest BCUT2D eigenvalue weighted by Gasteiger charge is -2.11. The predicted octanol–water partition coefficient (Wildman–Crippen LogP) is 8.36. The van der Waals surface area contributed by atoms with Crippen molar-refractivity contribution >= 4 is 77.7 Å². The summed E-state index contributed by atoms with van der Waals surface area (Å²) in [6.45, 7) is 0.336. The Kier molecular flexibility index (Phi) is 9.65. The van der Waals surface area contributed by atoms with Crippen molar-refractivity contribution in [2.75, 3.05) is 5.32 Å². The summed E-state index contributed by atoms with van der Waals surface area (Å²) in [5.74, 6) is 0.0700. The van der Waals surface area contributed by atoms with Gasteiger partial charge in [0.2, 0.25) is 5.91 Å². The molecule has 1 amide bonds. The number of carbonyl (C=O) groups excluding carboxylic acids is 1. The van der Waals surface area contributed by atoms with Crippen molar-refractivity contribution in [2.45, 2.75) is 19.2 Å². The van der Waals surface area contributed by atoms with Crippen LogP contribution in [0.3, 0.4) is 0 Å². The van der Waals surface area contributed by atoms with Gasteiger partial charge in [0.25, 0.3) is 0 Å². The smallest absolute Gasteiger partial charge is 0.416 e. The van der Waals surface area contributed by atoms with Crippen molar-refractivity contribution < 1.29 is 22.7 Å². The normalized spacial score (nSPS) is 11.5. The Labute approximate surface area is 247 Å². The van der Waals surface area contributed by atoms with E-state index in [1.54, 1.807) is 17.5 Å². The Morgan fingerprint density at radius 3 is 2.62 bits per heavy atom. The molecular weight excluding hydrogens is 685 g/mol. The molecule has 1 heterocycles. The zero-order valence-corrected chi connectivity index (χ0v) is 24.5. The molecule has 39 heavy (non-hydrogen) atoms. The fourth-order valence-electron chi connectivity index (χ4n) is 3.25. The van der Waals surface area contributed by atoms with E-state index in [4.69, 9.17) is 16.3 Å². The number of carbonyl (C=O) groups is 1. The maximum absolute atomic E-state index is 12.9. The molecule has 0 unspecified atom stereocenters. The van der Waals surface area contributed by atoms with E-state index < -0.39 is 17.6 Å². The van der Waals surface area contributed by atoms with E-state index in [-0.39, 0.29) is 12.1 Å². The van der Waals surface area contributed by atoms with Crippen LogP contribution in [-0.2, 0) is 24.0 Å². The summed E-state index contributed by atoms with van der Waals surface area (Å²) in [5, 5.41) is 9.17.